The Labute approximate surface area is 185 Å². The number of allylic oxidation sites excluding steroid dienone is 4. The van der Waals surface area contributed by atoms with Crippen LogP contribution in [0.25, 0.3) is 0 Å². The zero-order valence-electron chi connectivity index (χ0n) is 18.3. The van der Waals surface area contributed by atoms with Crippen LogP contribution >= 0.6 is 7.82 Å². The molecule has 8 nitrogen and oxygen atoms in total. The van der Waals surface area contributed by atoms with E-state index >= 15 is 4.39 Å². The van der Waals surface area contributed by atoms with Gasteiger partial charge in [-0.25, -0.2) is 8.96 Å². The molecule has 3 fully saturated rings. The molecule has 0 saturated heterocycles. The predicted octanol–water partition coefficient (Wildman–Crippen LogP) is 2.01. The molecule has 4 aliphatic rings. The molecule has 0 unspecified atom stereocenters. The Morgan fingerprint density at radius 3 is 2.53 bits per heavy atom. The molecule has 0 aromatic carbocycles. The molecule has 3 saturated carbocycles. The number of ketones is 2. The lowest BCUT2D eigenvalue weighted by atomic mass is 9.41. The van der Waals surface area contributed by atoms with E-state index in [0.29, 0.717) is 18.4 Å². The van der Waals surface area contributed by atoms with E-state index in [1.54, 1.807) is 20.8 Å². The summed E-state index contributed by atoms with van der Waals surface area (Å²) in [7, 11) is -4.93. The van der Waals surface area contributed by atoms with Gasteiger partial charge >= 0.3 is 7.82 Å². The predicted molar refractivity (Wildman–Crippen MR) is 111 cm³/mol. The van der Waals surface area contributed by atoms with Crippen molar-refractivity contribution in [2.24, 2.45) is 28.6 Å². The highest BCUT2D eigenvalue weighted by molar-refractivity contribution is 7.46. The number of alkyl halides is 1. The molecule has 0 radical (unpaired) electrons. The minimum atomic E-state index is -4.93. The van der Waals surface area contributed by atoms with Crippen LogP contribution in [0.2, 0.25) is 0 Å². The van der Waals surface area contributed by atoms with E-state index < -0.39 is 66.2 Å². The number of aliphatic hydroxyl groups excluding tert-OH is 1. The molecule has 0 aliphatic heterocycles. The summed E-state index contributed by atoms with van der Waals surface area (Å²) in [6, 6.07) is 0. The minimum absolute atomic E-state index is 0.216. The first-order valence-corrected chi connectivity index (χ1v) is 12.4. The number of phosphoric acid groups is 1. The average molecular weight is 472 g/mol. The van der Waals surface area contributed by atoms with Gasteiger partial charge in [0.1, 0.15) is 5.60 Å². The van der Waals surface area contributed by atoms with Crippen LogP contribution in [0.5, 0.6) is 0 Å². The van der Waals surface area contributed by atoms with E-state index in [9.17, 15) is 24.4 Å². The second kappa shape index (κ2) is 7.14. The van der Waals surface area contributed by atoms with E-state index in [1.165, 1.54) is 18.2 Å². The fourth-order valence-corrected chi connectivity index (χ4v) is 7.31. The molecule has 0 aromatic heterocycles. The van der Waals surface area contributed by atoms with Gasteiger partial charge in [-0.1, -0.05) is 25.5 Å². The largest absolute Gasteiger partial charge is 0.469 e. The normalized spacial score (nSPS) is 48.6. The van der Waals surface area contributed by atoms with Gasteiger partial charge in [0.2, 0.25) is 0 Å². The minimum Gasteiger partial charge on any atom is -0.390 e. The Bertz CT molecular complexity index is 973. The molecule has 10 heteroatoms. The highest BCUT2D eigenvalue weighted by Crippen LogP contribution is 2.67. The lowest BCUT2D eigenvalue weighted by Gasteiger charge is -2.64. The highest BCUT2D eigenvalue weighted by atomic mass is 31.2. The number of hydrogen-bond donors (Lipinski definition) is 4. The molecule has 0 amide bonds. The van der Waals surface area contributed by atoms with Gasteiger partial charge in [0.15, 0.2) is 17.2 Å². The second-order valence-electron chi connectivity index (χ2n) is 10.4. The molecule has 0 heterocycles. The van der Waals surface area contributed by atoms with Gasteiger partial charge in [-0.3, -0.25) is 14.1 Å². The van der Waals surface area contributed by atoms with Crippen molar-refractivity contribution >= 4 is 19.4 Å². The van der Waals surface area contributed by atoms with E-state index in [0.717, 1.165) is 0 Å². The van der Waals surface area contributed by atoms with Crippen molar-refractivity contribution in [3.8, 4) is 0 Å². The number of hydrogen-bond acceptors (Lipinski definition) is 6. The zero-order chi connectivity index (χ0) is 23.9. The second-order valence-corrected chi connectivity index (χ2v) is 11.7. The van der Waals surface area contributed by atoms with Crippen LogP contribution in [0.4, 0.5) is 4.39 Å². The van der Waals surface area contributed by atoms with Gasteiger partial charge < -0.3 is 20.0 Å². The van der Waals surface area contributed by atoms with Gasteiger partial charge in [-0.05, 0) is 56.6 Å². The number of halogens is 1. The zero-order valence-corrected chi connectivity index (χ0v) is 19.2. The van der Waals surface area contributed by atoms with Gasteiger partial charge in [0.25, 0.3) is 0 Å². The number of carbonyl (C=O) groups is 2. The maximum atomic E-state index is 17.0. The first-order valence-electron chi connectivity index (χ1n) is 10.9. The standard InChI is InChI=1S/C22H30FO8P/c1-12-8-16-15-5-4-13-9-14(24)6-7-20(13,3)22(15,23)17(25)10-19(16,2)18(26)21(12,27)11-31-32(28,29)30/h6-7,9,12,15-17,25,27H,4-5,8,10-11H2,1-3H3,(H2,28,29,30)/t12-,15+,16+,17+,19+,20+,21+,22+/m1/s1. The van der Waals surface area contributed by atoms with Crippen LogP contribution in [0.3, 0.4) is 0 Å². The van der Waals surface area contributed by atoms with Crippen molar-refractivity contribution < 1.29 is 43.1 Å². The van der Waals surface area contributed by atoms with Crippen molar-refractivity contribution in [2.75, 3.05) is 6.61 Å². The van der Waals surface area contributed by atoms with Crippen molar-refractivity contribution in [3.63, 3.8) is 0 Å². The SMILES string of the molecule is C[C@@H]1C[C@H]2[C@@H]3CCC4=CC(=O)C=C[C@]4(C)[C@@]3(F)[C@@H](O)C[C@]2(C)C(=O)[C@]1(O)COP(=O)(O)O. The third kappa shape index (κ3) is 3.09. The van der Waals surface area contributed by atoms with Gasteiger partial charge in [-0.2, -0.15) is 0 Å². The Morgan fingerprint density at radius 1 is 1.25 bits per heavy atom. The van der Waals surface area contributed by atoms with Crippen LogP contribution in [0, 0.1) is 28.6 Å². The topological polar surface area (TPSA) is 141 Å². The van der Waals surface area contributed by atoms with Gasteiger partial charge in [0.05, 0.1) is 12.7 Å². The van der Waals surface area contributed by atoms with Gasteiger partial charge in [0, 0.05) is 16.7 Å². The van der Waals surface area contributed by atoms with Crippen LogP contribution in [-0.4, -0.2) is 55.5 Å². The number of phosphoric ester groups is 1. The lowest BCUT2D eigenvalue weighted by molar-refractivity contribution is -0.225. The summed E-state index contributed by atoms with van der Waals surface area (Å²) in [6.45, 7) is 3.97. The smallest absolute Gasteiger partial charge is 0.390 e. The molecule has 4 rings (SSSR count). The average Bonchev–Trinajstić information content (AvgIpc) is 2.69. The molecule has 178 valence electrons. The van der Waals surface area contributed by atoms with Crippen molar-refractivity contribution in [2.45, 2.75) is 63.8 Å². The number of carbonyl (C=O) groups excluding carboxylic acids is 2. The molecule has 0 aromatic rings. The number of Topliss-reactive ketones (excluding diaryl/α,β-unsaturated/α-hetero) is 1. The third-order valence-corrected chi connectivity index (χ3v) is 9.28. The molecule has 32 heavy (non-hydrogen) atoms. The van der Waals surface area contributed by atoms with Crippen molar-refractivity contribution in [1.29, 1.82) is 0 Å². The summed E-state index contributed by atoms with van der Waals surface area (Å²) in [4.78, 5) is 43.6. The Kier molecular flexibility index (Phi) is 5.34. The molecule has 0 spiro atoms. The molecular weight excluding hydrogens is 442 g/mol. The lowest BCUT2D eigenvalue weighted by Crippen LogP contribution is -2.72. The van der Waals surface area contributed by atoms with Crippen molar-refractivity contribution in [1.82, 2.24) is 0 Å². The summed E-state index contributed by atoms with van der Waals surface area (Å²) >= 11 is 0. The Hall–Kier alpha value is -1.22. The van der Waals surface area contributed by atoms with Crippen LogP contribution in [0.15, 0.2) is 23.8 Å². The van der Waals surface area contributed by atoms with E-state index in [2.05, 4.69) is 4.52 Å². The first-order chi connectivity index (χ1) is 14.6. The Balaban J connectivity index is 1.74. The number of rotatable bonds is 3. The molecular formula is C22H30FO8P. The van der Waals surface area contributed by atoms with Crippen LogP contribution in [0.1, 0.15) is 46.5 Å². The summed E-state index contributed by atoms with van der Waals surface area (Å²) in [5, 5.41) is 22.3. The van der Waals surface area contributed by atoms with Crippen LogP contribution < -0.4 is 0 Å². The quantitative estimate of drug-likeness (QED) is 0.457. The van der Waals surface area contributed by atoms with Crippen molar-refractivity contribution in [3.05, 3.63) is 23.8 Å². The van der Waals surface area contributed by atoms with E-state index in [4.69, 9.17) is 9.79 Å². The summed E-state index contributed by atoms with van der Waals surface area (Å²) in [5.74, 6) is -2.85. The molecule has 4 aliphatic carbocycles. The summed E-state index contributed by atoms with van der Waals surface area (Å²) in [6.07, 6.45) is 3.52. The number of aliphatic hydroxyl groups is 2. The third-order valence-electron chi connectivity index (χ3n) is 8.82. The molecule has 4 N–H and O–H groups in total. The van der Waals surface area contributed by atoms with E-state index in [1.807, 2.05) is 0 Å². The summed E-state index contributed by atoms with van der Waals surface area (Å²) < 4.78 is 32.7. The highest BCUT2D eigenvalue weighted by Gasteiger charge is 2.72. The summed E-state index contributed by atoms with van der Waals surface area (Å²) in [5.41, 5.74) is -6.12. The Morgan fingerprint density at radius 2 is 1.91 bits per heavy atom. The fraction of sp³-hybridized carbons (Fsp3) is 0.727. The van der Waals surface area contributed by atoms with E-state index in [-0.39, 0.29) is 18.6 Å². The number of fused-ring (bicyclic) bond motifs is 5. The molecule has 8 atom stereocenters. The molecule has 0 bridgehead atoms. The first kappa shape index (κ1) is 23.9. The monoisotopic (exact) mass is 472 g/mol. The fourth-order valence-electron chi connectivity index (χ4n) is 6.94. The maximum Gasteiger partial charge on any atom is 0.469 e. The van der Waals surface area contributed by atoms with Crippen LogP contribution in [-0.2, 0) is 18.7 Å². The maximum absolute atomic E-state index is 17.0. The van der Waals surface area contributed by atoms with Gasteiger partial charge in [-0.15, -0.1) is 0 Å².